The zero-order valence-electron chi connectivity index (χ0n) is 13.4. The van der Waals surface area contributed by atoms with Gasteiger partial charge in [0.1, 0.15) is 5.82 Å². The van der Waals surface area contributed by atoms with Gasteiger partial charge in [0.15, 0.2) is 0 Å². The van der Waals surface area contributed by atoms with E-state index in [1.165, 1.54) is 10.6 Å². The van der Waals surface area contributed by atoms with Gasteiger partial charge in [-0.2, -0.15) is 0 Å². The van der Waals surface area contributed by atoms with Crippen LogP contribution < -0.4 is 0 Å². The maximum absolute atomic E-state index is 12.4. The lowest BCUT2D eigenvalue weighted by molar-refractivity contribution is -0.131. The third kappa shape index (κ3) is 4.07. The van der Waals surface area contributed by atoms with Crippen molar-refractivity contribution in [1.29, 1.82) is 0 Å². The van der Waals surface area contributed by atoms with Gasteiger partial charge in [-0.3, -0.25) is 4.79 Å². The summed E-state index contributed by atoms with van der Waals surface area (Å²) in [6.45, 7) is 5.84. The van der Waals surface area contributed by atoms with Crippen LogP contribution in [0.5, 0.6) is 0 Å². The molecule has 1 fully saturated rings. The van der Waals surface area contributed by atoms with Crippen LogP contribution >= 0.6 is 0 Å². The minimum absolute atomic E-state index is 0.0456. The van der Waals surface area contributed by atoms with E-state index in [0.29, 0.717) is 39.0 Å². The largest absolute Gasteiger partial charge is 0.341 e. The van der Waals surface area contributed by atoms with Crippen LogP contribution in [0.25, 0.3) is 0 Å². The number of rotatable bonds is 4. The first-order valence-corrected chi connectivity index (χ1v) is 9.36. The SMILES string of the molecule is Cc1nccn1C(C)CC(=O)N1CCCN(S(C)(=O)=O)CC1. The van der Waals surface area contributed by atoms with Gasteiger partial charge < -0.3 is 9.47 Å². The Balaban J connectivity index is 1.94. The fraction of sp³-hybridized carbons (Fsp3) is 0.714. The monoisotopic (exact) mass is 328 g/mol. The molecule has 1 amide bonds. The Morgan fingerprint density at radius 2 is 2.05 bits per heavy atom. The van der Waals surface area contributed by atoms with Gasteiger partial charge in [0.05, 0.1) is 6.26 Å². The molecule has 22 heavy (non-hydrogen) atoms. The van der Waals surface area contributed by atoms with Crippen LogP contribution in [0.1, 0.15) is 31.6 Å². The smallest absolute Gasteiger partial charge is 0.224 e. The second kappa shape index (κ2) is 6.78. The molecule has 2 heterocycles. The molecule has 1 atom stereocenters. The topological polar surface area (TPSA) is 75.5 Å². The summed E-state index contributed by atoms with van der Waals surface area (Å²) in [6, 6.07) is 0.0456. The van der Waals surface area contributed by atoms with E-state index < -0.39 is 10.0 Å². The van der Waals surface area contributed by atoms with Crippen LogP contribution in [0, 0.1) is 6.92 Å². The highest BCUT2D eigenvalue weighted by Gasteiger charge is 2.24. The Kier molecular flexibility index (Phi) is 5.23. The number of hydrogen-bond donors (Lipinski definition) is 0. The van der Waals surface area contributed by atoms with Crippen LogP contribution in [0.3, 0.4) is 0 Å². The van der Waals surface area contributed by atoms with E-state index in [-0.39, 0.29) is 11.9 Å². The number of carbonyl (C=O) groups excluding carboxylic acids is 1. The minimum Gasteiger partial charge on any atom is -0.341 e. The number of hydrogen-bond acceptors (Lipinski definition) is 4. The summed E-state index contributed by atoms with van der Waals surface area (Å²) in [5, 5.41) is 0. The predicted molar refractivity (Wildman–Crippen MR) is 83.9 cm³/mol. The van der Waals surface area contributed by atoms with Crippen molar-refractivity contribution in [3.63, 3.8) is 0 Å². The first kappa shape index (κ1) is 17.0. The molecule has 0 N–H and O–H groups in total. The highest BCUT2D eigenvalue weighted by atomic mass is 32.2. The third-order valence-corrected chi connectivity index (χ3v) is 5.39. The molecule has 0 bridgehead atoms. The molecule has 0 aliphatic carbocycles. The number of imidazole rings is 1. The summed E-state index contributed by atoms with van der Waals surface area (Å²) < 4.78 is 26.6. The van der Waals surface area contributed by atoms with Crippen molar-refractivity contribution in [2.24, 2.45) is 0 Å². The Morgan fingerprint density at radius 3 is 2.64 bits per heavy atom. The molecule has 0 aromatic carbocycles. The molecule has 1 aliphatic heterocycles. The second-order valence-electron chi connectivity index (χ2n) is 5.83. The van der Waals surface area contributed by atoms with E-state index in [2.05, 4.69) is 4.98 Å². The predicted octanol–water partition coefficient (Wildman–Crippen LogP) is 0.637. The lowest BCUT2D eigenvalue weighted by atomic mass is 10.2. The fourth-order valence-electron chi connectivity index (χ4n) is 2.81. The first-order valence-electron chi connectivity index (χ1n) is 7.51. The number of carbonyl (C=O) groups is 1. The van der Waals surface area contributed by atoms with Crippen molar-refractivity contribution in [1.82, 2.24) is 18.8 Å². The number of amides is 1. The van der Waals surface area contributed by atoms with Crippen molar-refractivity contribution < 1.29 is 13.2 Å². The normalized spacial score (nSPS) is 19.0. The Labute approximate surface area is 132 Å². The summed E-state index contributed by atoms with van der Waals surface area (Å²) in [5.74, 6) is 0.954. The van der Waals surface area contributed by atoms with E-state index in [9.17, 15) is 13.2 Å². The van der Waals surface area contributed by atoms with Gasteiger partial charge in [0.2, 0.25) is 15.9 Å². The average molecular weight is 328 g/mol. The Bertz CT molecular complexity index is 626. The molecular weight excluding hydrogens is 304 g/mol. The van der Waals surface area contributed by atoms with Gasteiger partial charge in [0, 0.05) is 51.0 Å². The fourth-order valence-corrected chi connectivity index (χ4v) is 3.68. The molecular formula is C14H24N4O3S. The van der Waals surface area contributed by atoms with Crippen molar-refractivity contribution in [3.05, 3.63) is 18.2 Å². The van der Waals surface area contributed by atoms with Crippen molar-refractivity contribution in [3.8, 4) is 0 Å². The molecule has 124 valence electrons. The molecule has 1 aromatic rings. The van der Waals surface area contributed by atoms with Crippen LogP contribution in [0.4, 0.5) is 0 Å². The summed E-state index contributed by atoms with van der Waals surface area (Å²) in [6.07, 6.45) is 5.90. The first-order chi connectivity index (χ1) is 10.3. The number of sulfonamides is 1. The quantitative estimate of drug-likeness (QED) is 0.813. The summed E-state index contributed by atoms with van der Waals surface area (Å²) >= 11 is 0. The van der Waals surface area contributed by atoms with Crippen LogP contribution in [-0.4, -0.2) is 65.5 Å². The number of aryl methyl sites for hydroxylation is 1. The van der Waals surface area contributed by atoms with Crippen LogP contribution in [-0.2, 0) is 14.8 Å². The van der Waals surface area contributed by atoms with E-state index in [1.807, 2.05) is 24.6 Å². The zero-order chi connectivity index (χ0) is 16.3. The van der Waals surface area contributed by atoms with Crippen molar-refractivity contribution in [2.45, 2.75) is 32.7 Å². The zero-order valence-corrected chi connectivity index (χ0v) is 14.2. The lowest BCUT2D eigenvalue weighted by Gasteiger charge is -2.23. The molecule has 2 rings (SSSR count). The van der Waals surface area contributed by atoms with Crippen molar-refractivity contribution in [2.75, 3.05) is 32.4 Å². The van der Waals surface area contributed by atoms with Gasteiger partial charge >= 0.3 is 0 Å². The molecule has 1 aliphatic rings. The number of nitrogens with zero attached hydrogens (tertiary/aromatic N) is 4. The molecule has 7 nitrogen and oxygen atoms in total. The van der Waals surface area contributed by atoms with E-state index in [0.717, 1.165) is 5.82 Å². The van der Waals surface area contributed by atoms with E-state index >= 15 is 0 Å². The molecule has 1 saturated heterocycles. The highest BCUT2D eigenvalue weighted by Crippen LogP contribution is 2.16. The van der Waals surface area contributed by atoms with Crippen LogP contribution in [0.2, 0.25) is 0 Å². The number of aromatic nitrogens is 2. The Hall–Kier alpha value is -1.41. The average Bonchev–Trinajstić information content (AvgIpc) is 2.71. The van der Waals surface area contributed by atoms with Gasteiger partial charge in [-0.05, 0) is 20.3 Å². The molecule has 1 aromatic heterocycles. The van der Waals surface area contributed by atoms with Gasteiger partial charge in [-0.15, -0.1) is 0 Å². The molecule has 1 unspecified atom stereocenters. The highest BCUT2D eigenvalue weighted by molar-refractivity contribution is 7.88. The Morgan fingerprint density at radius 1 is 1.32 bits per heavy atom. The van der Waals surface area contributed by atoms with Gasteiger partial charge in [-0.25, -0.2) is 17.7 Å². The van der Waals surface area contributed by atoms with E-state index in [1.54, 1.807) is 11.1 Å². The maximum atomic E-state index is 12.4. The van der Waals surface area contributed by atoms with E-state index in [4.69, 9.17) is 0 Å². The van der Waals surface area contributed by atoms with Crippen molar-refractivity contribution >= 4 is 15.9 Å². The van der Waals surface area contributed by atoms with Crippen LogP contribution in [0.15, 0.2) is 12.4 Å². The maximum Gasteiger partial charge on any atom is 0.224 e. The second-order valence-corrected chi connectivity index (χ2v) is 7.81. The standard InChI is InChI=1S/C14H24N4O3S/c1-12(18-8-5-15-13(18)2)11-14(19)16-6-4-7-17(10-9-16)22(3,20)21/h5,8,12H,4,6-7,9-11H2,1-3H3. The minimum atomic E-state index is -3.18. The summed E-state index contributed by atoms with van der Waals surface area (Å²) in [7, 11) is -3.18. The molecule has 0 saturated carbocycles. The molecule has 0 radical (unpaired) electrons. The third-order valence-electron chi connectivity index (χ3n) is 4.08. The molecule has 8 heteroatoms. The van der Waals surface area contributed by atoms with Gasteiger partial charge in [0.25, 0.3) is 0 Å². The lowest BCUT2D eigenvalue weighted by Crippen LogP contribution is -2.37. The molecule has 0 spiro atoms. The summed E-state index contributed by atoms with van der Waals surface area (Å²) in [5.41, 5.74) is 0. The summed E-state index contributed by atoms with van der Waals surface area (Å²) in [4.78, 5) is 18.4. The van der Waals surface area contributed by atoms with Gasteiger partial charge in [-0.1, -0.05) is 0 Å².